The van der Waals surface area contributed by atoms with Crippen LogP contribution < -0.4 is 10.2 Å². The molecule has 0 saturated carbocycles. The van der Waals surface area contributed by atoms with E-state index in [0.29, 0.717) is 12.2 Å². The maximum Gasteiger partial charge on any atom is 0.271 e. The second-order valence-corrected chi connectivity index (χ2v) is 7.42. The molecule has 3 aromatic rings. The van der Waals surface area contributed by atoms with Crippen molar-refractivity contribution in [1.29, 1.82) is 0 Å². The molecule has 2 aromatic heterocycles. The highest BCUT2D eigenvalue weighted by molar-refractivity contribution is 7.96. The fraction of sp³-hybridized carbons (Fsp3) is 0.300. The standard InChI is InChI=1S/C20H23N5OS/c1-27-25-12-10-23(11-13-25)17-7-5-16(6-8-17)14-21-20(26)18-15-24-9-3-2-4-19(24)22-18/h2-9,15H,10-14H2,1H3,(H,21,26). The summed E-state index contributed by atoms with van der Waals surface area (Å²) in [6, 6.07) is 14.2. The van der Waals surface area contributed by atoms with Crippen molar-refractivity contribution in [3.63, 3.8) is 0 Å². The summed E-state index contributed by atoms with van der Waals surface area (Å²) in [7, 11) is 0. The third-order valence-corrected chi connectivity index (χ3v) is 5.73. The molecule has 0 aliphatic carbocycles. The quantitative estimate of drug-likeness (QED) is 0.689. The molecule has 0 bridgehead atoms. The number of nitrogens with zero attached hydrogens (tertiary/aromatic N) is 4. The molecule has 1 amide bonds. The Bertz CT molecular complexity index is 883. The molecule has 4 rings (SSSR count). The maximum absolute atomic E-state index is 12.4. The van der Waals surface area contributed by atoms with Gasteiger partial charge in [0.2, 0.25) is 0 Å². The summed E-state index contributed by atoms with van der Waals surface area (Å²) in [4.78, 5) is 19.1. The number of rotatable bonds is 5. The summed E-state index contributed by atoms with van der Waals surface area (Å²) in [5, 5.41) is 2.95. The van der Waals surface area contributed by atoms with Gasteiger partial charge in [0.1, 0.15) is 11.3 Å². The molecule has 1 N–H and O–H groups in total. The van der Waals surface area contributed by atoms with Crippen LogP contribution in [0.3, 0.4) is 0 Å². The van der Waals surface area contributed by atoms with E-state index in [4.69, 9.17) is 0 Å². The monoisotopic (exact) mass is 381 g/mol. The minimum Gasteiger partial charge on any atom is -0.369 e. The molecule has 6 nitrogen and oxygen atoms in total. The number of pyridine rings is 1. The minimum atomic E-state index is -0.157. The van der Waals surface area contributed by atoms with E-state index in [1.165, 1.54) is 5.69 Å². The van der Waals surface area contributed by atoms with E-state index in [1.807, 2.05) is 40.7 Å². The summed E-state index contributed by atoms with van der Waals surface area (Å²) in [6.07, 6.45) is 5.77. The first kappa shape index (κ1) is 17.9. The lowest BCUT2D eigenvalue weighted by molar-refractivity contribution is 0.0946. The zero-order chi connectivity index (χ0) is 18.6. The topological polar surface area (TPSA) is 52.9 Å². The summed E-state index contributed by atoms with van der Waals surface area (Å²) in [5.74, 6) is -0.157. The predicted molar refractivity (Wildman–Crippen MR) is 110 cm³/mol. The predicted octanol–water partition coefficient (Wildman–Crippen LogP) is 2.66. The summed E-state index contributed by atoms with van der Waals surface area (Å²) in [6.45, 7) is 4.75. The van der Waals surface area contributed by atoms with Gasteiger partial charge >= 0.3 is 0 Å². The molecule has 1 saturated heterocycles. The van der Waals surface area contributed by atoms with Gasteiger partial charge in [-0.05, 0) is 36.1 Å². The number of carbonyl (C=O) groups is 1. The Morgan fingerprint density at radius 1 is 1.11 bits per heavy atom. The van der Waals surface area contributed by atoms with Gasteiger partial charge in [-0.3, -0.25) is 4.79 Å². The van der Waals surface area contributed by atoms with Gasteiger partial charge in [-0.15, -0.1) is 0 Å². The van der Waals surface area contributed by atoms with Crippen molar-refractivity contribution in [3.8, 4) is 0 Å². The molecule has 1 aliphatic heterocycles. The van der Waals surface area contributed by atoms with Crippen LogP contribution in [-0.4, -0.2) is 52.0 Å². The van der Waals surface area contributed by atoms with Crippen LogP contribution in [0.4, 0.5) is 5.69 Å². The zero-order valence-electron chi connectivity index (χ0n) is 15.3. The van der Waals surface area contributed by atoms with E-state index in [9.17, 15) is 4.79 Å². The van der Waals surface area contributed by atoms with Crippen molar-refractivity contribution in [3.05, 3.63) is 66.1 Å². The smallest absolute Gasteiger partial charge is 0.271 e. The summed E-state index contributed by atoms with van der Waals surface area (Å²) >= 11 is 1.81. The van der Waals surface area contributed by atoms with Crippen molar-refractivity contribution >= 4 is 29.2 Å². The molecule has 27 heavy (non-hydrogen) atoms. The van der Waals surface area contributed by atoms with Crippen molar-refractivity contribution < 1.29 is 4.79 Å². The van der Waals surface area contributed by atoms with E-state index in [2.05, 4.69) is 50.0 Å². The first-order valence-electron chi connectivity index (χ1n) is 9.08. The normalized spacial score (nSPS) is 15.2. The van der Waals surface area contributed by atoms with Crippen LogP contribution in [0, 0.1) is 0 Å². The molecular weight excluding hydrogens is 358 g/mol. The fourth-order valence-electron chi connectivity index (χ4n) is 3.27. The Hall–Kier alpha value is -2.51. The van der Waals surface area contributed by atoms with Crippen LogP contribution in [0.15, 0.2) is 54.9 Å². The van der Waals surface area contributed by atoms with Crippen LogP contribution in [0.5, 0.6) is 0 Å². The number of amides is 1. The van der Waals surface area contributed by atoms with Gasteiger partial charge in [0.25, 0.3) is 5.91 Å². The van der Waals surface area contributed by atoms with E-state index in [-0.39, 0.29) is 5.91 Å². The second-order valence-electron chi connectivity index (χ2n) is 6.54. The molecule has 1 fully saturated rings. The molecule has 0 unspecified atom stereocenters. The molecule has 1 aromatic carbocycles. The number of hydrogen-bond donors (Lipinski definition) is 1. The van der Waals surface area contributed by atoms with Crippen LogP contribution in [0.25, 0.3) is 5.65 Å². The number of fused-ring (bicyclic) bond motifs is 1. The number of aromatic nitrogens is 2. The van der Waals surface area contributed by atoms with E-state index in [0.717, 1.165) is 37.4 Å². The van der Waals surface area contributed by atoms with Crippen LogP contribution in [-0.2, 0) is 6.54 Å². The lowest BCUT2D eigenvalue weighted by Gasteiger charge is -2.34. The third kappa shape index (κ3) is 4.09. The molecule has 1 aliphatic rings. The Kier molecular flexibility index (Phi) is 5.31. The number of piperazine rings is 1. The van der Waals surface area contributed by atoms with Gasteiger partial charge < -0.3 is 14.6 Å². The van der Waals surface area contributed by atoms with Crippen molar-refractivity contribution in [2.24, 2.45) is 0 Å². The highest BCUT2D eigenvalue weighted by Crippen LogP contribution is 2.19. The minimum absolute atomic E-state index is 0.157. The van der Waals surface area contributed by atoms with E-state index < -0.39 is 0 Å². The number of carbonyl (C=O) groups excluding carboxylic acids is 1. The van der Waals surface area contributed by atoms with Gasteiger partial charge in [0.15, 0.2) is 0 Å². The Labute approximate surface area is 163 Å². The first-order valence-corrected chi connectivity index (χ1v) is 10.3. The first-order chi connectivity index (χ1) is 13.2. The van der Waals surface area contributed by atoms with Crippen LogP contribution in [0.1, 0.15) is 16.1 Å². The number of benzene rings is 1. The van der Waals surface area contributed by atoms with Crippen LogP contribution >= 0.6 is 11.9 Å². The largest absolute Gasteiger partial charge is 0.369 e. The van der Waals surface area contributed by atoms with Crippen molar-refractivity contribution in [2.45, 2.75) is 6.54 Å². The number of imidazole rings is 1. The molecule has 3 heterocycles. The third-order valence-electron chi connectivity index (χ3n) is 4.85. The number of nitrogens with one attached hydrogen (secondary N) is 1. The van der Waals surface area contributed by atoms with Crippen molar-refractivity contribution in [1.82, 2.24) is 19.0 Å². The average molecular weight is 382 g/mol. The van der Waals surface area contributed by atoms with E-state index in [1.54, 1.807) is 6.20 Å². The molecule has 0 spiro atoms. The number of hydrogen-bond acceptors (Lipinski definition) is 5. The Morgan fingerprint density at radius 3 is 2.59 bits per heavy atom. The van der Waals surface area contributed by atoms with Gasteiger partial charge in [-0.1, -0.05) is 30.1 Å². The van der Waals surface area contributed by atoms with Gasteiger partial charge in [-0.25, -0.2) is 9.29 Å². The molecule has 0 radical (unpaired) electrons. The summed E-state index contributed by atoms with van der Waals surface area (Å²) in [5.41, 5.74) is 3.53. The Balaban J connectivity index is 1.34. The summed E-state index contributed by atoms with van der Waals surface area (Å²) < 4.78 is 4.24. The van der Waals surface area contributed by atoms with Gasteiger partial charge in [-0.2, -0.15) is 0 Å². The fourth-order valence-corrected chi connectivity index (χ4v) is 3.80. The number of anilines is 1. The SMILES string of the molecule is CSN1CCN(c2ccc(CNC(=O)c3cn4ccccc4n3)cc2)CC1. The second kappa shape index (κ2) is 8.02. The Morgan fingerprint density at radius 2 is 1.89 bits per heavy atom. The lowest BCUT2D eigenvalue weighted by atomic mass is 10.2. The highest BCUT2D eigenvalue weighted by Gasteiger charge is 2.16. The maximum atomic E-state index is 12.4. The lowest BCUT2D eigenvalue weighted by Crippen LogP contribution is -2.43. The zero-order valence-corrected chi connectivity index (χ0v) is 16.2. The van der Waals surface area contributed by atoms with Gasteiger partial charge in [0, 0.05) is 50.8 Å². The van der Waals surface area contributed by atoms with Crippen molar-refractivity contribution in [2.75, 3.05) is 37.3 Å². The average Bonchev–Trinajstić information content (AvgIpc) is 3.17. The molecular formula is C20H23N5OS. The highest BCUT2D eigenvalue weighted by atomic mass is 32.2. The van der Waals surface area contributed by atoms with E-state index >= 15 is 0 Å². The van der Waals surface area contributed by atoms with Crippen LogP contribution in [0.2, 0.25) is 0 Å². The van der Waals surface area contributed by atoms with Gasteiger partial charge in [0.05, 0.1) is 0 Å². The molecule has 0 atom stereocenters. The molecule has 7 heteroatoms. The molecule has 140 valence electrons.